The Morgan fingerprint density at radius 3 is 2.19 bits per heavy atom. The van der Waals surface area contributed by atoms with Crippen LogP contribution in [0.3, 0.4) is 0 Å². The highest BCUT2D eigenvalue weighted by Crippen LogP contribution is 2.47. The molecule has 0 bridgehead atoms. The molecule has 3 aromatic rings. The smallest absolute Gasteiger partial charge is 0.403 e. The molecule has 13 heteroatoms. The average Bonchev–Trinajstić information content (AvgIpc) is 3.01. The van der Waals surface area contributed by atoms with Gasteiger partial charge >= 0.3 is 18.3 Å². The van der Waals surface area contributed by atoms with Gasteiger partial charge in [-0.1, -0.05) is 42.8 Å². The van der Waals surface area contributed by atoms with Gasteiger partial charge in [0.05, 0.1) is 12.2 Å². The summed E-state index contributed by atoms with van der Waals surface area (Å²) >= 11 is 0. The number of nitrogens with one attached hydrogen (secondary N) is 1. The molecule has 2 fully saturated rings. The third kappa shape index (κ3) is 7.72. The molecule has 0 spiro atoms. The van der Waals surface area contributed by atoms with E-state index in [4.69, 9.17) is 0 Å². The number of carbonyl (C=O) groups is 2. The van der Waals surface area contributed by atoms with E-state index < -0.39 is 68.2 Å². The zero-order valence-electron chi connectivity index (χ0n) is 26.1. The number of alkyl halides is 6. The minimum atomic E-state index is -5.09. The second-order valence-electron chi connectivity index (χ2n) is 12.6. The lowest BCUT2D eigenvalue weighted by Gasteiger charge is -2.42. The van der Waals surface area contributed by atoms with Crippen LogP contribution >= 0.6 is 0 Å². The van der Waals surface area contributed by atoms with Crippen molar-refractivity contribution in [3.63, 3.8) is 0 Å². The first-order valence-electron chi connectivity index (χ1n) is 15.8. The maximum absolute atomic E-state index is 14.3. The molecule has 0 radical (unpaired) electrons. The quantitative estimate of drug-likeness (QED) is 0.254. The summed E-state index contributed by atoms with van der Waals surface area (Å²) in [5, 5.41) is 13.5. The number of carbonyl (C=O) groups excluding carboxylic acids is 1. The van der Waals surface area contributed by atoms with E-state index in [-0.39, 0.29) is 6.42 Å². The van der Waals surface area contributed by atoms with Crippen molar-refractivity contribution in [1.29, 1.82) is 0 Å². The molecule has 0 saturated carbocycles. The summed E-state index contributed by atoms with van der Waals surface area (Å²) in [6, 6.07) is 11.1. The van der Waals surface area contributed by atoms with Gasteiger partial charge in [-0.3, -0.25) is 19.6 Å². The Labute approximate surface area is 268 Å². The predicted molar refractivity (Wildman–Crippen MR) is 165 cm³/mol. The Hall–Kier alpha value is -3.71. The van der Waals surface area contributed by atoms with Crippen molar-refractivity contribution < 1.29 is 41.0 Å². The molecule has 1 aromatic heterocycles. The van der Waals surface area contributed by atoms with E-state index in [1.54, 1.807) is 30.5 Å². The average molecular weight is 665 g/mol. The number of piperidine rings is 2. The number of hydrogen-bond donors (Lipinski definition) is 2. The number of fused-ring (bicyclic) bond motifs is 1. The van der Waals surface area contributed by atoms with Gasteiger partial charge in [0.1, 0.15) is 11.5 Å². The van der Waals surface area contributed by atoms with E-state index in [9.17, 15) is 41.0 Å². The molecule has 5 rings (SSSR count). The predicted octanol–water partition coefficient (Wildman–Crippen LogP) is 6.51. The molecule has 2 aliphatic heterocycles. The lowest BCUT2D eigenvalue weighted by Crippen LogP contribution is -2.59. The Morgan fingerprint density at radius 2 is 1.55 bits per heavy atom. The number of rotatable bonds is 9. The van der Waals surface area contributed by atoms with E-state index in [1.165, 1.54) is 19.3 Å². The van der Waals surface area contributed by atoms with Crippen LogP contribution in [0.2, 0.25) is 0 Å². The Morgan fingerprint density at radius 1 is 0.894 bits per heavy atom. The first-order chi connectivity index (χ1) is 22.2. The summed E-state index contributed by atoms with van der Waals surface area (Å²) in [7, 11) is 0. The molecule has 0 unspecified atom stereocenters. The summed E-state index contributed by atoms with van der Waals surface area (Å²) in [6.07, 6.45) is -6.49. The van der Waals surface area contributed by atoms with Gasteiger partial charge in [-0.2, -0.15) is 26.3 Å². The number of likely N-dealkylation sites (tertiary alicyclic amines) is 2. The zero-order chi connectivity index (χ0) is 34.0. The number of aliphatic carboxylic acids is 1. The van der Waals surface area contributed by atoms with Crippen molar-refractivity contribution in [3.05, 3.63) is 65.4 Å². The van der Waals surface area contributed by atoms with Crippen molar-refractivity contribution in [2.75, 3.05) is 32.7 Å². The van der Waals surface area contributed by atoms with Gasteiger partial charge in [0.2, 0.25) is 5.91 Å². The highest BCUT2D eigenvalue weighted by molar-refractivity contribution is 5.98. The van der Waals surface area contributed by atoms with Crippen molar-refractivity contribution in [2.24, 2.45) is 5.41 Å². The second-order valence-corrected chi connectivity index (χ2v) is 12.6. The molecule has 2 saturated heterocycles. The van der Waals surface area contributed by atoms with Gasteiger partial charge in [0, 0.05) is 24.7 Å². The molecular formula is C34H38F6N4O3. The normalized spacial score (nSPS) is 18.6. The number of halogens is 6. The first-order valence-corrected chi connectivity index (χ1v) is 15.8. The van der Waals surface area contributed by atoms with Crippen molar-refractivity contribution in [3.8, 4) is 11.3 Å². The van der Waals surface area contributed by atoms with E-state index in [2.05, 4.69) is 15.2 Å². The van der Waals surface area contributed by atoms with E-state index in [1.807, 2.05) is 25.1 Å². The number of hydrogen-bond acceptors (Lipinski definition) is 5. The largest absolute Gasteiger partial charge is 0.480 e. The number of nitrogens with zero attached hydrogens (tertiary/aromatic N) is 3. The van der Waals surface area contributed by atoms with Crippen LogP contribution in [0.4, 0.5) is 26.3 Å². The third-order valence-electron chi connectivity index (χ3n) is 9.54. The molecule has 2 N–H and O–H groups in total. The summed E-state index contributed by atoms with van der Waals surface area (Å²) < 4.78 is 81.5. The summed E-state index contributed by atoms with van der Waals surface area (Å²) in [4.78, 5) is 33.5. The van der Waals surface area contributed by atoms with Gasteiger partial charge in [0.25, 0.3) is 0 Å². The van der Waals surface area contributed by atoms with Crippen LogP contribution in [0.5, 0.6) is 0 Å². The highest BCUT2D eigenvalue weighted by atomic mass is 19.4. The number of amides is 1. The van der Waals surface area contributed by atoms with Gasteiger partial charge < -0.3 is 10.4 Å². The lowest BCUT2D eigenvalue weighted by atomic mass is 9.76. The number of benzene rings is 2. The maximum atomic E-state index is 14.3. The van der Waals surface area contributed by atoms with E-state index in [0.29, 0.717) is 10.9 Å². The second kappa shape index (κ2) is 13.8. The molecule has 47 heavy (non-hydrogen) atoms. The van der Waals surface area contributed by atoms with Crippen LogP contribution in [0.25, 0.3) is 22.0 Å². The third-order valence-corrected chi connectivity index (χ3v) is 9.54. The summed E-state index contributed by atoms with van der Waals surface area (Å²) in [6.45, 7) is 2.29. The molecule has 1 atom stereocenters. The highest BCUT2D eigenvalue weighted by Gasteiger charge is 2.61. The van der Waals surface area contributed by atoms with Crippen LogP contribution in [0.15, 0.2) is 48.7 Å². The van der Waals surface area contributed by atoms with E-state index in [0.717, 1.165) is 52.3 Å². The van der Waals surface area contributed by atoms with Crippen LogP contribution in [-0.4, -0.2) is 82.9 Å². The maximum Gasteiger partial charge on any atom is 0.403 e. The standard InChI is InChI=1S/C34H38F6N4O3/c1-22-24(20-43-15-3-2-4-16-43)11-14-41-29(22)27-10-6-8-25-23(7-5-9-26(25)27)19-28(30(45)46)42-31(47)32(34(38,39)40)12-17-44(18-13-32)21-33(35,36)37/h5-11,14,28H,2-4,12-13,15-21H2,1H3,(H,42,47)(H,45,46)/t28-/m0/s1. The van der Waals surface area contributed by atoms with Crippen LogP contribution in [0, 0.1) is 12.3 Å². The van der Waals surface area contributed by atoms with E-state index >= 15 is 0 Å². The fourth-order valence-corrected chi connectivity index (χ4v) is 6.84. The first kappa shape index (κ1) is 34.6. The molecule has 1 amide bonds. The van der Waals surface area contributed by atoms with Crippen molar-refractivity contribution in [2.45, 2.75) is 70.4 Å². The van der Waals surface area contributed by atoms with Crippen LogP contribution in [0.1, 0.15) is 48.8 Å². The molecule has 254 valence electrons. The van der Waals surface area contributed by atoms with Crippen LogP contribution < -0.4 is 5.32 Å². The number of carboxylic acid groups (broad SMARTS) is 1. The molecule has 2 aromatic carbocycles. The number of pyridine rings is 1. The molecule has 7 nitrogen and oxygen atoms in total. The number of carboxylic acids is 1. The Balaban J connectivity index is 1.40. The minimum Gasteiger partial charge on any atom is -0.480 e. The summed E-state index contributed by atoms with van der Waals surface area (Å²) in [5.74, 6) is -3.07. The molecule has 2 aliphatic rings. The fraction of sp³-hybridized carbons (Fsp3) is 0.500. The molecule has 0 aliphatic carbocycles. The van der Waals surface area contributed by atoms with Crippen molar-refractivity contribution >= 4 is 22.6 Å². The molecule has 3 heterocycles. The minimum absolute atomic E-state index is 0.308. The lowest BCUT2D eigenvalue weighted by molar-refractivity contribution is -0.236. The zero-order valence-corrected chi connectivity index (χ0v) is 26.1. The van der Waals surface area contributed by atoms with Gasteiger partial charge in [0.15, 0.2) is 0 Å². The van der Waals surface area contributed by atoms with Gasteiger partial charge in [-0.05, 0) is 92.3 Å². The van der Waals surface area contributed by atoms with Crippen LogP contribution in [-0.2, 0) is 22.6 Å². The monoisotopic (exact) mass is 664 g/mol. The Kier molecular flexibility index (Phi) is 10.2. The van der Waals surface area contributed by atoms with Gasteiger partial charge in [-0.15, -0.1) is 0 Å². The SMILES string of the molecule is Cc1c(CN2CCCCC2)ccnc1-c1cccc2c(C[C@H](NC(=O)C3(C(F)(F)F)CCN(CC(F)(F)F)CC3)C(=O)O)cccc12. The van der Waals surface area contributed by atoms with Crippen molar-refractivity contribution in [1.82, 2.24) is 20.1 Å². The fourth-order valence-electron chi connectivity index (χ4n) is 6.84. The number of aromatic nitrogens is 1. The molecular weight excluding hydrogens is 626 g/mol. The summed E-state index contributed by atoms with van der Waals surface area (Å²) in [5.41, 5.74) is 1.26. The Bertz CT molecular complexity index is 1590. The van der Waals surface area contributed by atoms with Gasteiger partial charge in [-0.25, -0.2) is 4.79 Å². The topological polar surface area (TPSA) is 85.8 Å².